The molecule has 1 unspecified atom stereocenters. The molecule has 0 spiro atoms. The molecule has 0 aromatic carbocycles. The summed E-state index contributed by atoms with van der Waals surface area (Å²) in [6.45, 7) is 8.73. The van der Waals surface area contributed by atoms with E-state index in [0.717, 1.165) is 51.8 Å². The summed E-state index contributed by atoms with van der Waals surface area (Å²) in [6, 6.07) is 0.585. The van der Waals surface area contributed by atoms with Crippen LogP contribution in [0.1, 0.15) is 51.9 Å². The standard InChI is InChI=1S/C20H40N4O2/c1-4-26-14-11-20(9-5-6-10-20)17-23-19(21-2)22-16-18-8-7-12-24(18)13-15-25-3/h18H,4-17H2,1-3H3,(H2,21,22,23). The highest BCUT2D eigenvalue weighted by Gasteiger charge is 2.33. The topological polar surface area (TPSA) is 58.1 Å². The summed E-state index contributed by atoms with van der Waals surface area (Å²) >= 11 is 0. The number of methoxy groups -OCH3 is 1. The summed E-state index contributed by atoms with van der Waals surface area (Å²) in [7, 11) is 3.65. The van der Waals surface area contributed by atoms with Gasteiger partial charge in [0.05, 0.1) is 6.61 Å². The molecule has 26 heavy (non-hydrogen) atoms. The molecular weight excluding hydrogens is 328 g/mol. The lowest BCUT2D eigenvalue weighted by Crippen LogP contribution is -2.47. The zero-order valence-electron chi connectivity index (χ0n) is 17.2. The number of hydrogen-bond donors (Lipinski definition) is 2. The first kappa shape index (κ1) is 21.5. The predicted octanol–water partition coefficient (Wildman–Crippen LogP) is 2.25. The molecule has 2 N–H and O–H groups in total. The minimum absolute atomic E-state index is 0.380. The van der Waals surface area contributed by atoms with Gasteiger partial charge in [-0.15, -0.1) is 0 Å². The van der Waals surface area contributed by atoms with Crippen molar-refractivity contribution in [2.75, 3.05) is 60.2 Å². The first-order chi connectivity index (χ1) is 12.7. The molecule has 0 amide bonds. The minimum atomic E-state index is 0.380. The maximum absolute atomic E-state index is 5.62. The molecule has 1 atom stereocenters. The average molecular weight is 369 g/mol. The van der Waals surface area contributed by atoms with Crippen LogP contribution < -0.4 is 10.6 Å². The Morgan fingerprint density at radius 3 is 2.69 bits per heavy atom. The molecule has 2 rings (SSSR count). The number of rotatable bonds is 11. The third-order valence-corrected chi connectivity index (χ3v) is 6.09. The molecular formula is C20H40N4O2. The molecule has 1 saturated carbocycles. The first-order valence-corrected chi connectivity index (χ1v) is 10.5. The minimum Gasteiger partial charge on any atom is -0.383 e. The summed E-state index contributed by atoms with van der Waals surface area (Å²) in [5.41, 5.74) is 0.380. The zero-order valence-corrected chi connectivity index (χ0v) is 17.2. The second kappa shape index (κ2) is 11.8. The van der Waals surface area contributed by atoms with E-state index in [-0.39, 0.29) is 0 Å². The van der Waals surface area contributed by atoms with E-state index < -0.39 is 0 Å². The van der Waals surface area contributed by atoms with Crippen molar-refractivity contribution in [3.8, 4) is 0 Å². The fraction of sp³-hybridized carbons (Fsp3) is 0.950. The number of ether oxygens (including phenoxy) is 2. The van der Waals surface area contributed by atoms with E-state index in [2.05, 4.69) is 27.4 Å². The van der Waals surface area contributed by atoms with Gasteiger partial charge in [0, 0.05) is 53.0 Å². The van der Waals surface area contributed by atoms with E-state index in [0.29, 0.717) is 11.5 Å². The van der Waals surface area contributed by atoms with Gasteiger partial charge in [-0.1, -0.05) is 12.8 Å². The van der Waals surface area contributed by atoms with Crippen molar-refractivity contribution in [1.29, 1.82) is 0 Å². The van der Waals surface area contributed by atoms with Crippen LogP contribution in [0, 0.1) is 5.41 Å². The van der Waals surface area contributed by atoms with Gasteiger partial charge in [0.1, 0.15) is 0 Å². The highest BCUT2D eigenvalue weighted by Crippen LogP contribution is 2.40. The van der Waals surface area contributed by atoms with Gasteiger partial charge in [-0.2, -0.15) is 0 Å². The summed E-state index contributed by atoms with van der Waals surface area (Å²) in [6.07, 6.45) is 8.98. The van der Waals surface area contributed by atoms with Crippen LogP contribution in [0.2, 0.25) is 0 Å². The largest absolute Gasteiger partial charge is 0.383 e. The third kappa shape index (κ3) is 6.71. The summed E-state index contributed by atoms with van der Waals surface area (Å²) in [5, 5.41) is 7.15. The SMILES string of the molecule is CCOCCC1(CNC(=NC)NCC2CCCN2CCOC)CCCC1. The Labute approximate surface area is 160 Å². The van der Waals surface area contributed by atoms with E-state index in [1.54, 1.807) is 7.11 Å². The van der Waals surface area contributed by atoms with Crippen LogP contribution in [0.3, 0.4) is 0 Å². The van der Waals surface area contributed by atoms with Crippen molar-refractivity contribution < 1.29 is 9.47 Å². The zero-order chi connectivity index (χ0) is 18.7. The van der Waals surface area contributed by atoms with Crippen LogP contribution in [0.5, 0.6) is 0 Å². The Morgan fingerprint density at radius 1 is 1.19 bits per heavy atom. The van der Waals surface area contributed by atoms with Crippen LogP contribution >= 0.6 is 0 Å². The van der Waals surface area contributed by atoms with Crippen LogP contribution in [-0.2, 0) is 9.47 Å². The fourth-order valence-electron chi connectivity index (χ4n) is 4.41. The quantitative estimate of drug-likeness (QED) is 0.333. The van der Waals surface area contributed by atoms with Crippen molar-refractivity contribution in [2.24, 2.45) is 10.4 Å². The lowest BCUT2D eigenvalue weighted by atomic mass is 9.83. The molecule has 0 bridgehead atoms. The fourth-order valence-corrected chi connectivity index (χ4v) is 4.41. The second-order valence-electron chi connectivity index (χ2n) is 7.79. The molecule has 1 aliphatic heterocycles. The number of nitrogens with one attached hydrogen (secondary N) is 2. The van der Waals surface area contributed by atoms with Gasteiger partial charge in [0.2, 0.25) is 0 Å². The van der Waals surface area contributed by atoms with E-state index in [1.807, 2.05) is 7.05 Å². The monoisotopic (exact) mass is 368 g/mol. The van der Waals surface area contributed by atoms with Gasteiger partial charge in [0.25, 0.3) is 0 Å². The number of nitrogens with zero attached hydrogens (tertiary/aromatic N) is 2. The normalized spacial score (nSPS) is 23.5. The van der Waals surface area contributed by atoms with Crippen molar-refractivity contribution >= 4 is 5.96 Å². The van der Waals surface area contributed by atoms with Crippen molar-refractivity contribution in [3.05, 3.63) is 0 Å². The molecule has 6 heteroatoms. The molecule has 1 heterocycles. The lowest BCUT2D eigenvalue weighted by molar-refractivity contribution is 0.105. The predicted molar refractivity (Wildman–Crippen MR) is 108 cm³/mol. The first-order valence-electron chi connectivity index (χ1n) is 10.5. The van der Waals surface area contributed by atoms with Crippen molar-refractivity contribution in [1.82, 2.24) is 15.5 Å². The Balaban J connectivity index is 1.75. The second-order valence-corrected chi connectivity index (χ2v) is 7.79. The number of hydrogen-bond acceptors (Lipinski definition) is 4. The summed E-state index contributed by atoms with van der Waals surface area (Å²) in [4.78, 5) is 6.98. The molecule has 0 radical (unpaired) electrons. The van der Waals surface area contributed by atoms with Gasteiger partial charge in [-0.25, -0.2) is 0 Å². The van der Waals surface area contributed by atoms with Crippen molar-refractivity contribution in [3.63, 3.8) is 0 Å². The van der Waals surface area contributed by atoms with Crippen molar-refractivity contribution in [2.45, 2.75) is 57.9 Å². The van der Waals surface area contributed by atoms with Crippen LogP contribution in [-0.4, -0.2) is 77.1 Å². The smallest absolute Gasteiger partial charge is 0.191 e. The molecule has 152 valence electrons. The Hall–Kier alpha value is -0.850. The number of aliphatic imine (C=N–C) groups is 1. The van der Waals surface area contributed by atoms with Gasteiger partial charge >= 0.3 is 0 Å². The third-order valence-electron chi connectivity index (χ3n) is 6.09. The van der Waals surface area contributed by atoms with E-state index >= 15 is 0 Å². The molecule has 1 saturated heterocycles. The highest BCUT2D eigenvalue weighted by atomic mass is 16.5. The number of likely N-dealkylation sites (tertiary alicyclic amines) is 1. The highest BCUT2D eigenvalue weighted by molar-refractivity contribution is 5.79. The van der Waals surface area contributed by atoms with E-state index in [4.69, 9.17) is 9.47 Å². The molecule has 2 fully saturated rings. The Kier molecular flexibility index (Phi) is 9.72. The van der Waals surface area contributed by atoms with Crippen LogP contribution in [0.15, 0.2) is 4.99 Å². The molecule has 0 aromatic heterocycles. The maximum atomic E-state index is 5.62. The van der Waals surface area contributed by atoms with Gasteiger partial charge in [-0.3, -0.25) is 9.89 Å². The molecule has 2 aliphatic rings. The summed E-state index contributed by atoms with van der Waals surface area (Å²) < 4.78 is 10.9. The van der Waals surface area contributed by atoms with Crippen LogP contribution in [0.25, 0.3) is 0 Å². The van der Waals surface area contributed by atoms with Gasteiger partial charge < -0.3 is 20.1 Å². The lowest BCUT2D eigenvalue weighted by Gasteiger charge is -2.30. The van der Waals surface area contributed by atoms with Gasteiger partial charge in [0.15, 0.2) is 5.96 Å². The summed E-state index contributed by atoms with van der Waals surface area (Å²) in [5.74, 6) is 0.936. The number of guanidine groups is 1. The molecule has 6 nitrogen and oxygen atoms in total. The maximum Gasteiger partial charge on any atom is 0.191 e. The Bertz CT molecular complexity index is 411. The van der Waals surface area contributed by atoms with E-state index in [1.165, 1.54) is 45.1 Å². The average Bonchev–Trinajstić information content (AvgIpc) is 3.30. The Morgan fingerprint density at radius 2 is 2.00 bits per heavy atom. The van der Waals surface area contributed by atoms with E-state index in [9.17, 15) is 0 Å². The van der Waals surface area contributed by atoms with Gasteiger partial charge in [-0.05, 0) is 51.0 Å². The molecule has 1 aliphatic carbocycles. The van der Waals surface area contributed by atoms with Crippen LogP contribution in [0.4, 0.5) is 0 Å². The molecule has 0 aromatic rings.